The van der Waals surface area contributed by atoms with Crippen molar-refractivity contribution in [1.82, 2.24) is 15.1 Å². The van der Waals surface area contributed by atoms with Crippen LogP contribution in [0.1, 0.15) is 27.0 Å². The van der Waals surface area contributed by atoms with Crippen molar-refractivity contribution < 1.29 is 19.1 Å². The third kappa shape index (κ3) is 4.93. The third-order valence-electron chi connectivity index (χ3n) is 4.75. The van der Waals surface area contributed by atoms with Gasteiger partial charge >= 0.3 is 6.03 Å². The van der Waals surface area contributed by atoms with E-state index in [1.807, 2.05) is 26.0 Å². The number of nitrogens with one attached hydrogen (secondary N) is 1. The van der Waals surface area contributed by atoms with E-state index in [0.717, 1.165) is 21.8 Å². The summed E-state index contributed by atoms with van der Waals surface area (Å²) in [5.41, 5.74) is 3.34. The van der Waals surface area contributed by atoms with Crippen LogP contribution in [-0.4, -0.2) is 54.4 Å². The van der Waals surface area contributed by atoms with Crippen LogP contribution in [0.2, 0.25) is 0 Å². The van der Waals surface area contributed by atoms with Gasteiger partial charge in [0, 0.05) is 12.6 Å². The summed E-state index contributed by atoms with van der Waals surface area (Å²) in [4.78, 5) is 39.3. The first kappa shape index (κ1) is 20.4. The summed E-state index contributed by atoms with van der Waals surface area (Å²) >= 11 is 0. The van der Waals surface area contributed by atoms with Gasteiger partial charge in [-0.2, -0.15) is 0 Å². The first-order valence-electron chi connectivity index (χ1n) is 9.48. The molecule has 1 saturated heterocycles. The van der Waals surface area contributed by atoms with E-state index in [9.17, 15) is 14.4 Å². The van der Waals surface area contributed by atoms with Gasteiger partial charge in [-0.1, -0.05) is 24.3 Å². The molecule has 0 aliphatic carbocycles. The summed E-state index contributed by atoms with van der Waals surface area (Å²) in [6.07, 6.45) is 0. The fraction of sp³-hybridized carbons (Fsp3) is 0.318. The lowest BCUT2D eigenvalue weighted by molar-refractivity contribution is -0.125. The molecule has 1 heterocycles. The van der Waals surface area contributed by atoms with Crippen LogP contribution >= 0.6 is 0 Å². The molecule has 0 bridgehead atoms. The number of ether oxygens (including phenoxy) is 1. The van der Waals surface area contributed by atoms with Crippen LogP contribution in [0.25, 0.3) is 0 Å². The fourth-order valence-corrected chi connectivity index (χ4v) is 3.28. The third-order valence-corrected chi connectivity index (χ3v) is 4.75. The number of carbonyl (C=O) groups is 3. The van der Waals surface area contributed by atoms with Gasteiger partial charge in [0.25, 0.3) is 5.91 Å². The number of aryl methyl sites for hydroxylation is 2. The molecule has 1 aliphatic rings. The number of carbonyl (C=O) groups excluding carboxylic acids is 3. The zero-order chi connectivity index (χ0) is 21.0. The summed E-state index contributed by atoms with van der Waals surface area (Å²) in [5, 5.41) is 2.49. The number of imide groups is 1. The molecule has 1 aliphatic heterocycles. The van der Waals surface area contributed by atoms with E-state index >= 15 is 0 Å². The Kier molecular flexibility index (Phi) is 6.16. The van der Waals surface area contributed by atoms with Gasteiger partial charge in [0.1, 0.15) is 12.4 Å². The van der Waals surface area contributed by atoms with Crippen molar-refractivity contribution in [1.29, 1.82) is 0 Å². The van der Waals surface area contributed by atoms with Crippen molar-refractivity contribution in [3.05, 3.63) is 64.7 Å². The zero-order valence-electron chi connectivity index (χ0n) is 16.9. The summed E-state index contributed by atoms with van der Waals surface area (Å²) in [6, 6.07) is 12.6. The van der Waals surface area contributed by atoms with Crippen LogP contribution < -0.4 is 10.1 Å². The van der Waals surface area contributed by atoms with Crippen LogP contribution in [0.15, 0.2) is 42.5 Å². The first-order valence-corrected chi connectivity index (χ1v) is 9.48. The Bertz CT molecular complexity index is 905. The Hall–Kier alpha value is -3.35. The van der Waals surface area contributed by atoms with Gasteiger partial charge < -0.3 is 15.0 Å². The molecule has 7 nitrogen and oxygen atoms in total. The van der Waals surface area contributed by atoms with Crippen LogP contribution in [0.5, 0.6) is 5.75 Å². The van der Waals surface area contributed by atoms with Gasteiger partial charge in [-0.25, -0.2) is 4.79 Å². The molecule has 4 amide bonds. The Balaban J connectivity index is 1.63. The zero-order valence-corrected chi connectivity index (χ0v) is 16.9. The molecule has 2 aromatic carbocycles. The molecule has 0 radical (unpaired) electrons. The highest BCUT2D eigenvalue weighted by Crippen LogP contribution is 2.17. The number of benzene rings is 2. The monoisotopic (exact) mass is 395 g/mol. The van der Waals surface area contributed by atoms with Crippen molar-refractivity contribution in [3.8, 4) is 5.75 Å². The number of nitrogens with zero attached hydrogens (tertiary/aromatic N) is 2. The second-order valence-corrected chi connectivity index (χ2v) is 7.19. The molecular formula is C22H25N3O4. The first-order chi connectivity index (χ1) is 13.8. The van der Waals surface area contributed by atoms with Gasteiger partial charge in [-0.3, -0.25) is 14.5 Å². The average molecular weight is 395 g/mol. The summed E-state index contributed by atoms with van der Waals surface area (Å²) in [5.74, 6) is 0.298. The van der Waals surface area contributed by atoms with Crippen molar-refractivity contribution >= 4 is 17.8 Å². The molecule has 1 fully saturated rings. The average Bonchev–Trinajstić information content (AvgIpc) is 2.99. The number of hydrogen-bond acceptors (Lipinski definition) is 4. The predicted molar refractivity (Wildman–Crippen MR) is 109 cm³/mol. The van der Waals surface area contributed by atoms with Gasteiger partial charge in [0.05, 0.1) is 19.6 Å². The van der Waals surface area contributed by atoms with Crippen LogP contribution in [0.3, 0.4) is 0 Å². The molecule has 0 atom stereocenters. The second kappa shape index (κ2) is 8.77. The lowest BCUT2D eigenvalue weighted by atomic mass is 10.1. The Morgan fingerprint density at radius 2 is 1.83 bits per heavy atom. The lowest BCUT2D eigenvalue weighted by Crippen LogP contribution is -2.34. The minimum atomic E-state index is -0.438. The fourth-order valence-electron chi connectivity index (χ4n) is 3.28. The van der Waals surface area contributed by atoms with E-state index in [2.05, 4.69) is 11.4 Å². The van der Waals surface area contributed by atoms with Crippen molar-refractivity contribution in [3.63, 3.8) is 0 Å². The van der Waals surface area contributed by atoms with Crippen molar-refractivity contribution in [2.24, 2.45) is 0 Å². The molecule has 1 N–H and O–H groups in total. The van der Waals surface area contributed by atoms with Gasteiger partial charge in [0.15, 0.2) is 0 Å². The maximum atomic E-state index is 12.9. The van der Waals surface area contributed by atoms with E-state index in [1.165, 1.54) is 0 Å². The maximum absolute atomic E-state index is 12.9. The molecule has 152 valence electrons. The number of likely N-dealkylation sites (N-methyl/N-ethyl adjacent to an activating group) is 1. The van der Waals surface area contributed by atoms with E-state index in [4.69, 9.17) is 4.74 Å². The minimum Gasteiger partial charge on any atom is -0.492 e. The van der Waals surface area contributed by atoms with E-state index in [1.54, 1.807) is 36.2 Å². The van der Waals surface area contributed by atoms with E-state index in [-0.39, 0.29) is 24.9 Å². The summed E-state index contributed by atoms with van der Waals surface area (Å²) < 4.78 is 5.79. The SMILES string of the molecule is Cc1cc(C)cc(OCCN(C)C(=O)c2ccccc2CN2C(=O)CNC2=O)c1. The number of urea groups is 1. The molecule has 0 spiro atoms. The summed E-state index contributed by atoms with van der Waals surface area (Å²) in [6.45, 7) is 4.85. The Labute approximate surface area is 170 Å². The number of rotatable bonds is 7. The molecular weight excluding hydrogens is 370 g/mol. The Morgan fingerprint density at radius 3 is 2.48 bits per heavy atom. The van der Waals surface area contributed by atoms with Crippen molar-refractivity contribution in [2.75, 3.05) is 26.7 Å². The van der Waals surface area contributed by atoms with E-state index in [0.29, 0.717) is 24.3 Å². The smallest absolute Gasteiger partial charge is 0.324 e. The minimum absolute atomic E-state index is 0.00930. The van der Waals surface area contributed by atoms with Crippen molar-refractivity contribution in [2.45, 2.75) is 20.4 Å². The maximum Gasteiger partial charge on any atom is 0.324 e. The molecule has 7 heteroatoms. The quantitative estimate of drug-likeness (QED) is 0.731. The normalized spacial score (nSPS) is 13.4. The highest BCUT2D eigenvalue weighted by Gasteiger charge is 2.29. The largest absolute Gasteiger partial charge is 0.492 e. The highest BCUT2D eigenvalue weighted by atomic mass is 16.5. The molecule has 0 saturated carbocycles. The van der Waals surface area contributed by atoms with E-state index < -0.39 is 6.03 Å². The highest BCUT2D eigenvalue weighted by molar-refractivity contribution is 6.02. The van der Waals surface area contributed by atoms with Gasteiger partial charge in [-0.05, 0) is 48.7 Å². The molecule has 0 unspecified atom stereocenters. The topological polar surface area (TPSA) is 79.0 Å². The van der Waals surface area contributed by atoms with Gasteiger partial charge in [0.2, 0.25) is 5.91 Å². The number of hydrogen-bond donors (Lipinski definition) is 1. The molecule has 3 rings (SSSR count). The second-order valence-electron chi connectivity index (χ2n) is 7.19. The van der Waals surface area contributed by atoms with Crippen LogP contribution in [0.4, 0.5) is 4.79 Å². The molecule has 0 aromatic heterocycles. The lowest BCUT2D eigenvalue weighted by Gasteiger charge is -2.21. The molecule has 29 heavy (non-hydrogen) atoms. The standard InChI is InChI=1S/C22H25N3O4/c1-15-10-16(2)12-18(11-15)29-9-8-24(3)21(27)19-7-5-4-6-17(19)14-25-20(26)13-23-22(25)28/h4-7,10-12H,8-9,13-14H2,1-3H3,(H,23,28). The number of amides is 4. The molecule has 2 aromatic rings. The Morgan fingerprint density at radius 1 is 1.14 bits per heavy atom. The predicted octanol–water partition coefficient (Wildman–Crippen LogP) is 2.51. The van der Waals surface area contributed by atoms with Crippen LogP contribution in [-0.2, 0) is 11.3 Å². The van der Waals surface area contributed by atoms with Gasteiger partial charge in [-0.15, -0.1) is 0 Å². The summed E-state index contributed by atoms with van der Waals surface area (Å²) in [7, 11) is 1.71. The van der Waals surface area contributed by atoms with Crippen LogP contribution in [0, 0.1) is 13.8 Å².